The first kappa shape index (κ1) is 14.0. The molecule has 0 bridgehead atoms. The van der Waals surface area contributed by atoms with Crippen LogP contribution in [0.2, 0.25) is 0 Å². The van der Waals surface area contributed by atoms with Crippen molar-refractivity contribution in [1.82, 2.24) is 15.5 Å². The number of halogens is 2. The van der Waals surface area contributed by atoms with Crippen molar-refractivity contribution in [1.29, 1.82) is 0 Å². The predicted molar refractivity (Wildman–Crippen MR) is 70.6 cm³/mol. The first-order valence-electron chi connectivity index (χ1n) is 5.98. The third-order valence-electron chi connectivity index (χ3n) is 2.77. The van der Waals surface area contributed by atoms with Crippen molar-refractivity contribution in [2.75, 3.05) is 5.32 Å². The van der Waals surface area contributed by atoms with Crippen LogP contribution >= 0.6 is 0 Å². The SMILES string of the molecule is Cc1[nH]ncc1CNC(=O)Nc1cccc(C(F)F)c1. The third kappa shape index (κ3) is 3.53. The topological polar surface area (TPSA) is 69.8 Å². The molecule has 0 unspecified atom stereocenters. The normalized spacial score (nSPS) is 10.6. The highest BCUT2D eigenvalue weighted by molar-refractivity contribution is 5.89. The molecule has 0 saturated heterocycles. The van der Waals surface area contributed by atoms with Crippen LogP contribution in [0.15, 0.2) is 30.5 Å². The molecule has 0 spiro atoms. The Morgan fingerprint density at radius 2 is 2.25 bits per heavy atom. The third-order valence-corrected chi connectivity index (χ3v) is 2.77. The second-order valence-corrected chi connectivity index (χ2v) is 4.25. The minimum Gasteiger partial charge on any atom is -0.334 e. The Morgan fingerprint density at radius 3 is 2.90 bits per heavy atom. The highest BCUT2D eigenvalue weighted by Gasteiger charge is 2.09. The summed E-state index contributed by atoms with van der Waals surface area (Å²) in [4.78, 5) is 11.7. The Hall–Kier alpha value is -2.44. The molecular formula is C13H14F2N4O. The smallest absolute Gasteiger partial charge is 0.319 e. The van der Waals surface area contributed by atoms with Gasteiger partial charge in [0.05, 0.1) is 6.20 Å². The lowest BCUT2D eigenvalue weighted by molar-refractivity contribution is 0.151. The summed E-state index contributed by atoms with van der Waals surface area (Å²) < 4.78 is 25.0. The summed E-state index contributed by atoms with van der Waals surface area (Å²) in [7, 11) is 0. The molecule has 2 rings (SSSR count). The molecule has 2 aromatic rings. The second kappa shape index (κ2) is 6.14. The number of anilines is 1. The number of nitrogens with zero attached hydrogens (tertiary/aromatic N) is 1. The van der Waals surface area contributed by atoms with Crippen LogP contribution in [0.25, 0.3) is 0 Å². The van der Waals surface area contributed by atoms with E-state index in [9.17, 15) is 13.6 Å². The number of hydrogen-bond acceptors (Lipinski definition) is 2. The minimum atomic E-state index is -2.56. The quantitative estimate of drug-likeness (QED) is 0.805. The lowest BCUT2D eigenvalue weighted by atomic mass is 10.2. The van der Waals surface area contributed by atoms with Gasteiger partial charge in [0.2, 0.25) is 0 Å². The Labute approximate surface area is 114 Å². The van der Waals surface area contributed by atoms with Crippen molar-refractivity contribution in [2.24, 2.45) is 0 Å². The zero-order valence-corrected chi connectivity index (χ0v) is 10.8. The van der Waals surface area contributed by atoms with Gasteiger partial charge >= 0.3 is 6.03 Å². The molecule has 0 saturated carbocycles. The molecule has 20 heavy (non-hydrogen) atoms. The number of rotatable bonds is 4. The van der Waals surface area contributed by atoms with Gasteiger partial charge < -0.3 is 10.6 Å². The van der Waals surface area contributed by atoms with E-state index in [2.05, 4.69) is 20.8 Å². The number of aromatic nitrogens is 2. The molecule has 5 nitrogen and oxygen atoms in total. The number of nitrogens with one attached hydrogen (secondary N) is 3. The zero-order chi connectivity index (χ0) is 14.5. The zero-order valence-electron chi connectivity index (χ0n) is 10.8. The van der Waals surface area contributed by atoms with E-state index in [1.165, 1.54) is 18.2 Å². The fraction of sp³-hybridized carbons (Fsp3) is 0.231. The lowest BCUT2D eigenvalue weighted by Crippen LogP contribution is -2.28. The summed E-state index contributed by atoms with van der Waals surface area (Å²) >= 11 is 0. The molecule has 2 amide bonds. The maximum absolute atomic E-state index is 12.5. The van der Waals surface area contributed by atoms with Crippen molar-refractivity contribution >= 4 is 11.7 Å². The lowest BCUT2D eigenvalue weighted by Gasteiger charge is -2.08. The van der Waals surface area contributed by atoms with Crippen LogP contribution < -0.4 is 10.6 Å². The van der Waals surface area contributed by atoms with Crippen molar-refractivity contribution in [2.45, 2.75) is 19.9 Å². The maximum atomic E-state index is 12.5. The van der Waals surface area contributed by atoms with E-state index in [1.807, 2.05) is 6.92 Å². The Kier molecular flexibility index (Phi) is 4.29. The average molecular weight is 280 g/mol. The molecule has 106 valence electrons. The van der Waals surface area contributed by atoms with E-state index >= 15 is 0 Å². The summed E-state index contributed by atoms with van der Waals surface area (Å²) in [6, 6.07) is 5.11. The van der Waals surface area contributed by atoms with Gasteiger partial charge in [0.15, 0.2) is 0 Å². The number of alkyl halides is 2. The molecule has 0 aliphatic carbocycles. The molecule has 1 aromatic carbocycles. The second-order valence-electron chi connectivity index (χ2n) is 4.25. The van der Waals surface area contributed by atoms with Gasteiger partial charge in [-0.25, -0.2) is 13.6 Å². The van der Waals surface area contributed by atoms with Gasteiger partial charge in [-0.1, -0.05) is 12.1 Å². The molecule has 7 heteroatoms. The largest absolute Gasteiger partial charge is 0.334 e. The molecular weight excluding hydrogens is 266 g/mol. The van der Waals surface area contributed by atoms with Gasteiger partial charge in [0.25, 0.3) is 6.43 Å². The number of amides is 2. The van der Waals surface area contributed by atoms with E-state index in [1.54, 1.807) is 12.3 Å². The number of aryl methyl sites for hydroxylation is 1. The number of aromatic amines is 1. The van der Waals surface area contributed by atoms with E-state index < -0.39 is 12.5 Å². The van der Waals surface area contributed by atoms with Gasteiger partial charge in [0.1, 0.15) is 0 Å². The van der Waals surface area contributed by atoms with Gasteiger partial charge in [-0.2, -0.15) is 5.10 Å². The molecule has 0 fully saturated rings. The van der Waals surface area contributed by atoms with E-state index in [0.717, 1.165) is 11.3 Å². The van der Waals surface area contributed by atoms with E-state index in [-0.39, 0.29) is 5.56 Å². The van der Waals surface area contributed by atoms with Crippen LogP contribution in [0.3, 0.4) is 0 Å². The molecule has 3 N–H and O–H groups in total. The highest BCUT2D eigenvalue weighted by Crippen LogP contribution is 2.21. The summed E-state index contributed by atoms with van der Waals surface area (Å²) in [5, 5.41) is 11.7. The molecule has 0 atom stereocenters. The van der Waals surface area contributed by atoms with Crippen molar-refractivity contribution in [3.05, 3.63) is 47.3 Å². The van der Waals surface area contributed by atoms with E-state index in [0.29, 0.717) is 12.2 Å². The van der Waals surface area contributed by atoms with Crippen molar-refractivity contribution in [3.63, 3.8) is 0 Å². The van der Waals surface area contributed by atoms with Crippen LogP contribution in [-0.4, -0.2) is 16.2 Å². The number of carbonyl (C=O) groups excluding carboxylic acids is 1. The van der Waals surface area contributed by atoms with Gasteiger partial charge in [-0.05, 0) is 19.1 Å². The molecule has 0 aliphatic rings. The van der Waals surface area contributed by atoms with Crippen molar-refractivity contribution in [3.8, 4) is 0 Å². The Morgan fingerprint density at radius 1 is 1.45 bits per heavy atom. The highest BCUT2D eigenvalue weighted by atomic mass is 19.3. The van der Waals surface area contributed by atoms with Crippen LogP contribution in [-0.2, 0) is 6.54 Å². The van der Waals surface area contributed by atoms with Crippen LogP contribution in [0.1, 0.15) is 23.2 Å². The fourth-order valence-corrected chi connectivity index (χ4v) is 1.66. The number of hydrogen-bond donors (Lipinski definition) is 3. The van der Waals surface area contributed by atoms with Gasteiger partial charge in [-0.15, -0.1) is 0 Å². The number of carbonyl (C=O) groups is 1. The molecule has 1 aromatic heterocycles. The van der Waals surface area contributed by atoms with Crippen LogP contribution in [0.4, 0.5) is 19.3 Å². The number of benzene rings is 1. The summed E-state index contributed by atoms with van der Waals surface area (Å²) in [5.41, 5.74) is 1.92. The summed E-state index contributed by atoms with van der Waals surface area (Å²) in [6.07, 6.45) is -0.944. The Bertz CT molecular complexity index is 598. The van der Waals surface area contributed by atoms with Crippen molar-refractivity contribution < 1.29 is 13.6 Å². The standard InChI is InChI=1S/C13H14F2N4O/c1-8-10(7-17-19-8)6-16-13(20)18-11-4-2-3-9(5-11)12(14)15/h2-5,7,12H,6H2,1H3,(H,17,19)(H2,16,18,20). The van der Waals surface area contributed by atoms with Crippen LogP contribution in [0, 0.1) is 6.92 Å². The van der Waals surface area contributed by atoms with Gasteiger partial charge in [0, 0.05) is 29.1 Å². The average Bonchev–Trinajstić information content (AvgIpc) is 2.82. The minimum absolute atomic E-state index is 0.131. The number of urea groups is 1. The molecule has 0 aliphatic heterocycles. The maximum Gasteiger partial charge on any atom is 0.319 e. The monoisotopic (exact) mass is 280 g/mol. The predicted octanol–water partition coefficient (Wildman–Crippen LogP) is 2.98. The first-order chi connectivity index (χ1) is 9.56. The molecule has 1 heterocycles. The van der Waals surface area contributed by atoms with E-state index in [4.69, 9.17) is 0 Å². The van der Waals surface area contributed by atoms with Gasteiger partial charge in [-0.3, -0.25) is 5.10 Å². The first-order valence-corrected chi connectivity index (χ1v) is 5.98. The fourth-order valence-electron chi connectivity index (χ4n) is 1.66. The van der Waals surface area contributed by atoms with Crippen LogP contribution in [0.5, 0.6) is 0 Å². The Balaban J connectivity index is 1.91. The summed E-state index contributed by atoms with van der Waals surface area (Å²) in [6.45, 7) is 2.15. The summed E-state index contributed by atoms with van der Waals surface area (Å²) in [5.74, 6) is 0. The molecule has 0 radical (unpaired) electrons. The number of H-pyrrole nitrogens is 1.